The molecule has 0 spiro atoms. The maximum absolute atomic E-state index is 5.63. The first-order valence-corrected chi connectivity index (χ1v) is 6.43. The summed E-state index contributed by atoms with van der Waals surface area (Å²) in [6.07, 6.45) is 6.65. The van der Waals surface area contributed by atoms with Gasteiger partial charge in [-0.2, -0.15) is 11.8 Å². The third kappa shape index (κ3) is 3.57. The van der Waals surface area contributed by atoms with Crippen LogP contribution in [0.2, 0.25) is 0 Å². The molecule has 1 saturated carbocycles. The van der Waals surface area contributed by atoms with Crippen molar-refractivity contribution in [1.82, 2.24) is 0 Å². The van der Waals surface area contributed by atoms with E-state index in [4.69, 9.17) is 11.6 Å². The monoisotopic (exact) mass is 205 g/mol. The van der Waals surface area contributed by atoms with Crippen molar-refractivity contribution >= 4 is 23.4 Å². The molecule has 0 aromatic carbocycles. The Morgan fingerprint density at radius 1 is 1.33 bits per heavy atom. The van der Waals surface area contributed by atoms with Crippen molar-refractivity contribution in [2.24, 2.45) is 5.92 Å². The maximum Gasteiger partial charge on any atom is 0.0231 e. The number of alkyl halides is 1. The van der Waals surface area contributed by atoms with Gasteiger partial charge in [0.15, 0.2) is 0 Å². The summed E-state index contributed by atoms with van der Waals surface area (Å²) in [4.78, 5) is 0. The summed E-state index contributed by atoms with van der Waals surface area (Å²) < 4.78 is 0. The highest BCUT2D eigenvalue weighted by molar-refractivity contribution is 7.99. The molecule has 1 aliphatic carbocycles. The molecule has 0 bridgehead atoms. The molecule has 1 fully saturated rings. The van der Waals surface area contributed by atoms with Crippen molar-refractivity contribution in [2.45, 2.75) is 37.4 Å². The number of hydrogen-bond acceptors (Lipinski definition) is 1. The first kappa shape index (κ1) is 10.7. The zero-order valence-electron chi connectivity index (χ0n) is 7.60. The summed E-state index contributed by atoms with van der Waals surface area (Å²) in [6, 6.07) is 0. The van der Waals surface area contributed by atoms with Crippen LogP contribution in [0.25, 0.3) is 0 Å². The molecular weight excluding hydrogens is 188 g/mol. The van der Waals surface area contributed by atoms with Crippen LogP contribution in [0.3, 0.4) is 0 Å². The van der Waals surface area contributed by atoms with Gasteiger partial charge in [-0.3, -0.25) is 0 Å². The van der Waals surface area contributed by atoms with Crippen molar-refractivity contribution in [3.63, 3.8) is 0 Å². The molecule has 0 amide bonds. The summed E-state index contributed by atoms with van der Waals surface area (Å²) in [5, 5.41) is 0.821. The second-order valence-corrected chi connectivity index (χ2v) is 5.22. The quantitative estimate of drug-likeness (QED) is 0.498. The van der Waals surface area contributed by atoms with Gasteiger partial charge in [-0.05, 0) is 37.9 Å². The molecule has 12 heavy (non-hydrogen) atoms. The highest BCUT2D eigenvalue weighted by atomic mass is 35.5. The van der Waals surface area contributed by atoms with Crippen LogP contribution >= 0.6 is 23.4 Å². The van der Waals surface area contributed by atoms with Crippen molar-refractivity contribution in [2.75, 3.05) is 11.6 Å². The van der Waals surface area contributed by atoms with Crippen LogP contribution in [-0.4, -0.2) is 16.9 Å². The molecular formula is C10H18ClS. The van der Waals surface area contributed by atoms with Crippen LogP contribution in [0, 0.1) is 12.8 Å². The van der Waals surface area contributed by atoms with Crippen molar-refractivity contribution in [3.05, 3.63) is 6.92 Å². The molecule has 0 aliphatic heterocycles. The van der Waals surface area contributed by atoms with E-state index >= 15 is 0 Å². The van der Waals surface area contributed by atoms with E-state index in [1.165, 1.54) is 31.4 Å². The predicted octanol–water partition coefficient (Wildman–Crippen LogP) is 3.74. The summed E-state index contributed by atoms with van der Waals surface area (Å²) in [5.41, 5.74) is 0. The van der Waals surface area contributed by atoms with E-state index in [0.717, 1.165) is 17.6 Å². The molecule has 2 unspecified atom stereocenters. The fourth-order valence-corrected chi connectivity index (χ4v) is 3.33. The van der Waals surface area contributed by atoms with E-state index in [1.807, 2.05) is 0 Å². The lowest BCUT2D eigenvalue weighted by atomic mass is 9.90. The van der Waals surface area contributed by atoms with Gasteiger partial charge in [-0.15, -0.1) is 11.6 Å². The molecule has 0 saturated heterocycles. The van der Waals surface area contributed by atoms with E-state index in [0.29, 0.717) is 5.92 Å². The Morgan fingerprint density at radius 3 is 2.75 bits per heavy atom. The van der Waals surface area contributed by atoms with E-state index in [1.54, 1.807) is 0 Å². The Hall–Kier alpha value is 0.640. The third-order valence-electron chi connectivity index (χ3n) is 2.45. The Balaban J connectivity index is 2.11. The minimum absolute atomic E-state index is 0.694. The lowest BCUT2D eigenvalue weighted by Gasteiger charge is -2.27. The Labute approximate surface area is 85.4 Å². The second-order valence-electron chi connectivity index (χ2n) is 3.50. The largest absolute Gasteiger partial charge is 0.158 e. The summed E-state index contributed by atoms with van der Waals surface area (Å²) >= 11 is 7.71. The Morgan fingerprint density at radius 2 is 2.08 bits per heavy atom. The van der Waals surface area contributed by atoms with Crippen LogP contribution in [0.1, 0.15) is 32.1 Å². The standard InChI is InChI=1S/C10H18ClS/c1-9-5-2-3-6-10(9)12-8-4-7-11/h9-10H,1-8H2. The van der Waals surface area contributed by atoms with Gasteiger partial charge in [0, 0.05) is 11.1 Å². The number of thioether (sulfide) groups is 1. The molecule has 0 aromatic heterocycles. The minimum Gasteiger partial charge on any atom is -0.158 e. The van der Waals surface area contributed by atoms with E-state index in [9.17, 15) is 0 Å². The molecule has 71 valence electrons. The fraction of sp³-hybridized carbons (Fsp3) is 0.900. The lowest BCUT2D eigenvalue weighted by molar-refractivity contribution is 0.429. The summed E-state index contributed by atoms with van der Waals surface area (Å²) in [7, 11) is 0. The lowest BCUT2D eigenvalue weighted by Crippen LogP contribution is -2.19. The van der Waals surface area contributed by atoms with Crippen LogP contribution in [-0.2, 0) is 0 Å². The SMILES string of the molecule is [CH2]C1CCCCC1SCCCCl. The van der Waals surface area contributed by atoms with Crippen LogP contribution in [0.4, 0.5) is 0 Å². The van der Waals surface area contributed by atoms with Gasteiger partial charge >= 0.3 is 0 Å². The summed E-state index contributed by atoms with van der Waals surface area (Å²) in [6.45, 7) is 4.20. The molecule has 0 heterocycles. The molecule has 1 radical (unpaired) electrons. The molecule has 0 aromatic rings. The summed E-state index contributed by atoms with van der Waals surface area (Å²) in [5.74, 6) is 2.72. The number of rotatable bonds is 4. The normalized spacial score (nSPS) is 30.5. The second kappa shape index (κ2) is 6.15. The minimum atomic E-state index is 0.694. The zero-order chi connectivity index (χ0) is 8.81. The maximum atomic E-state index is 5.63. The van der Waals surface area contributed by atoms with Gasteiger partial charge in [0.2, 0.25) is 0 Å². The third-order valence-corrected chi connectivity index (χ3v) is 4.29. The van der Waals surface area contributed by atoms with E-state index in [-0.39, 0.29) is 0 Å². The van der Waals surface area contributed by atoms with Gasteiger partial charge in [-0.1, -0.05) is 12.8 Å². The molecule has 1 aliphatic rings. The average Bonchev–Trinajstić information content (AvgIpc) is 2.09. The predicted molar refractivity (Wildman–Crippen MR) is 58.9 cm³/mol. The number of halogens is 1. The van der Waals surface area contributed by atoms with Gasteiger partial charge in [0.25, 0.3) is 0 Å². The number of hydrogen-bond donors (Lipinski definition) is 0. The zero-order valence-corrected chi connectivity index (χ0v) is 9.17. The van der Waals surface area contributed by atoms with Crippen molar-refractivity contribution < 1.29 is 0 Å². The van der Waals surface area contributed by atoms with Gasteiger partial charge < -0.3 is 0 Å². The molecule has 0 nitrogen and oxygen atoms in total. The Kier molecular flexibility index (Phi) is 5.49. The molecule has 2 heteroatoms. The van der Waals surface area contributed by atoms with Gasteiger partial charge in [-0.25, -0.2) is 0 Å². The fourth-order valence-electron chi connectivity index (χ4n) is 1.68. The van der Waals surface area contributed by atoms with Gasteiger partial charge in [0.05, 0.1) is 0 Å². The van der Waals surface area contributed by atoms with Crippen molar-refractivity contribution in [1.29, 1.82) is 0 Å². The van der Waals surface area contributed by atoms with Crippen LogP contribution in [0.15, 0.2) is 0 Å². The molecule has 1 rings (SSSR count). The Bertz CT molecular complexity index is 116. The topological polar surface area (TPSA) is 0 Å². The van der Waals surface area contributed by atoms with E-state index < -0.39 is 0 Å². The first-order chi connectivity index (χ1) is 5.84. The van der Waals surface area contributed by atoms with Crippen molar-refractivity contribution in [3.8, 4) is 0 Å². The van der Waals surface area contributed by atoms with Crippen LogP contribution in [0.5, 0.6) is 0 Å². The average molecular weight is 206 g/mol. The molecule has 0 N–H and O–H groups in total. The molecule has 2 atom stereocenters. The van der Waals surface area contributed by atoms with Gasteiger partial charge in [0.1, 0.15) is 0 Å². The smallest absolute Gasteiger partial charge is 0.0231 e. The van der Waals surface area contributed by atoms with E-state index in [2.05, 4.69) is 18.7 Å². The van der Waals surface area contributed by atoms with Crippen LogP contribution < -0.4 is 0 Å². The highest BCUT2D eigenvalue weighted by Crippen LogP contribution is 2.32. The highest BCUT2D eigenvalue weighted by Gasteiger charge is 2.20. The first-order valence-electron chi connectivity index (χ1n) is 4.85.